The van der Waals surface area contributed by atoms with Crippen LogP contribution in [-0.4, -0.2) is 22.9 Å². The molecule has 4 N–H and O–H groups in total. The van der Waals surface area contributed by atoms with E-state index in [9.17, 15) is 19.5 Å². The molecule has 1 aromatic rings. The van der Waals surface area contributed by atoms with Crippen LogP contribution < -0.4 is 11.1 Å². The molecule has 0 unspecified atom stereocenters. The van der Waals surface area contributed by atoms with Crippen molar-refractivity contribution >= 4 is 34.1 Å². The van der Waals surface area contributed by atoms with Gasteiger partial charge in [0.2, 0.25) is 5.91 Å². The highest BCUT2D eigenvalue weighted by atomic mass is 32.1. The molecule has 1 saturated carbocycles. The van der Waals surface area contributed by atoms with E-state index >= 15 is 0 Å². The molecule has 0 saturated heterocycles. The van der Waals surface area contributed by atoms with Crippen LogP contribution in [0.1, 0.15) is 67.3 Å². The number of hydrogen-bond donors (Lipinski definition) is 3. The highest BCUT2D eigenvalue weighted by molar-refractivity contribution is 7.17. The Kier molecular flexibility index (Phi) is 5.75. The molecule has 1 aromatic heterocycles. The van der Waals surface area contributed by atoms with E-state index in [0.717, 1.165) is 49.0 Å². The van der Waals surface area contributed by atoms with E-state index in [1.165, 1.54) is 11.3 Å². The zero-order chi connectivity index (χ0) is 22.5. The molecule has 5 rings (SSSR count). The molecule has 4 aliphatic carbocycles. The second kappa shape index (κ2) is 8.08. The van der Waals surface area contributed by atoms with E-state index in [4.69, 9.17) is 5.73 Å². The lowest BCUT2D eigenvalue weighted by atomic mass is 9.62. The van der Waals surface area contributed by atoms with Crippen LogP contribution in [0.5, 0.6) is 0 Å². The Balaban J connectivity index is 1.62. The molecule has 0 aromatic carbocycles. The molecule has 0 spiro atoms. The van der Waals surface area contributed by atoms with Crippen molar-refractivity contribution in [3.63, 3.8) is 0 Å². The molecule has 1 heterocycles. The number of carboxylic acid groups (broad SMARTS) is 1. The average Bonchev–Trinajstić information content (AvgIpc) is 3.10. The first kappa shape index (κ1) is 22.1. The number of thiophene rings is 1. The molecule has 0 radical (unpaired) electrons. The second-order valence-electron chi connectivity index (χ2n) is 10.0. The van der Waals surface area contributed by atoms with Gasteiger partial charge in [0, 0.05) is 4.88 Å². The Morgan fingerprint density at radius 3 is 2.35 bits per heavy atom. The van der Waals surface area contributed by atoms with Gasteiger partial charge in [-0.3, -0.25) is 14.4 Å². The molecule has 31 heavy (non-hydrogen) atoms. The fourth-order valence-corrected chi connectivity index (χ4v) is 7.11. The third kappa shape index (κ3) is 3.81. The van der Waals surface area contributed by atoms with Crippen molar-refractivity contribution in [2.24, 2.45) is 40.7 Å². The molecule has 1 fully saturated rings. The number of primary amides is 1. The van der Waals surface area contributed by atoms with E-state index < -0.39 is 23.7 Å². The number of hydrogen-bond acceptors (Lipinski definition) is 4. The van der Waals surface area contributed by atoms with Crippen LogP contribution in [0.3, 0.4) is 0 Å². The van der Waals surface area contributed by atoms with Crippen molar-refractivity contribution in [2.75, 3.05) is 5.32 Å². The number of nitrogens with two attached hydrogens (primary N) is 1. The number of carbonyl (C=O) groups is 3. The number of nitrogens with one attached hydrogen (secondary N) is 1. The molecule has 2 amide bonds. The largest absolute Gasteiger partial charge is 0.481 e. The number of carbonyl (C=O) groups excluding carboxylic acids is 2. The maximum Gasteiger partial charge on any atom is 0.307 e. The summed E-state index contributed by atoms with van der Waals surface area (Å²) in [5, 5.41) is 13.2. The lowest BCUT2D eigenvalue weighted by molar-refractivity contribution is -0.151. The summed E-state index contributed by atoms with van der Waals surface area (Å²) in [7, 11) is 0. The summed E-state index contributed by atoms with van der Waals surface area (Å²) in [6.07, 6.45) is 9.30. The van der Waals surface area contributed by atoms with Gasteiger partial charge in [0.1, 0.15) is 5.00 Å². The summed E-state index contributed by atoms with van der Waals surface area (Å²) < 4.78 is 0. The summed E-state index contributed by atoms with van der Waals surface area (Å²) >= 11 is 1.44. The highest BCUT2D eigenvalue weighted by Crippen LogP contribution is 2.48. The van der Waals surface area contributed by atoms with Crippen LogP contribution in [0.2, 0.25) is 0 Å². The third-order valence-electron chi connectivity index (χ3n) is 8.10. The minimum absolute atomic E-state index is 0.0764. The van der Waals surface area contributed by atoms with Gasteiger partial charge < -0.3 is 16.2 Å². The van der Waals surface area contributed by atoms with Gasteiger partial charge in [-0.2, -0.15) is 0 Å². The number of fused-ring (bicyclic) bond motifs is 3. The molecule has 168 valence electrons. The zero-order valence-electron chi connectivity index (χ0n) is 18.4. The van der Waals surface area contributed by atoms with Crippen LogP contribution >= 0.6 is 11.3 Å². The smallest absolute Gasteiger partial charge is 0.307 e. The SMILES string of the molecule is CCC(C)(C)[C@@H]1CCc2c(sc(NC(=O)[C@@H]3[C@@H](C(=O)O)[C@H]4C=C[C@H]3CC4)c2C(N)=O)C1. The van der Waals surface area contributed by atoms with Gasteiger partial charge >= 0.3 is 5.97 Å². The Morgan fingerprint density at radius 2 is 1.81 bits per heavy atom. The van der Waals surface area contributed by atoms with Gasteiger partial charge in [-0.15, -0.1) is 11.3 Å². The lowest BCUT2D eigenvalue weighted by Crippen LogP contribution is -2.47. The van der Waals surface area contributed by atoms with Gasteiger partial charge in [0.15, 0.2) is 0 Å². The monoisotopic (exact) mass is 444 g/mol. The third-order valence-corrected chi connectivity index (χ3v) is 9.27. The predicted octanol–water partition coefficient (Wildman–Crippen LogP) is 4.24. The van der Waals surface area contributed by atoms with Crippen LogP contribution in [0.25, 0.3) is 0 Å². The van der Waals surface area contributed by atoms with Crippen molar-refractivity contribution in [2.45, 2.75) is 59.3 Å². The van der Waals surface area contributed by atoms with Gasteiger partial charge in [-0.05, 0) is 60.8 Å². The molecular weight excluding hydrogens is 412 g/mol. The van der Waals surface area contributed by atoms with Crippen molar-refractivity contribution < 1.29 is 19.5 Å². The number of aliphatic carboxylic acids is 1. The predicted molar refractivity (Wildman–Crippen MR) is 121 cm³/mol. The molecular formula is C24H32N2O4S. The molecule has 5 atom stereocenters. The van der Waals surface area contributed by atoms with Crippen molar-refractivity contribution in [3.05, 3.63) is 28.2 Å². The highest BCUT2D eigenvalue weighted by Gasteiger charge is 2.48. The van der Waals surface area contributed by atoms with Crippen molar-refractivity contribution in [1.82, 2.24) is 0 Å². The van der Waals surface area contributed by atoms with Gasteiger partial charge in [-0.25, -0.2) is 0 Å². The lowest BCUT2D eigenvalue weighted by Gasteiger charge is -2.41. The van der Waals surface area contributed by atoms with Gasteiger partial charge in [0.25, 0.3) is 5.91 Å². The van der Waals surface area contributed by atoms with E-state index in [0.29, 0.717) is 16.5 Å². The van der Waals surface area contributed by atoms with Crippen molar-refractivity contribution in [3.8, 4) is 0 Å². The maximum absolute atomic E-state index is 13.3. The number of allylic oxidation sites excluding steroid dienone is 2. The summed E-state index contributed by atoms with van der Waals surface area (Å²) in [5.74, 6) is -2.76. The Hall–Kier alpha value is -2.15. The number of carboxylic acids is 1. The average molecular weight is 445 g/mol. The molecule has 2 bridgehead atoms. The van der Waals surface area contributed by atoms with E-state index in [2.05, 4.69) is 26.1 Å². The molecule has 4 aliphatic rings. The zero-order valence-corrected chi connectivity index (χ0v) is 19.3. The molecule has 0 aliphatic heterocycles. The summed E-state index contributed by atoms with van der Waals surface area (Å²) in [6.45, 7) is 6.77. The fraction of sp³-hybridized carbons (Fsp3) is 0.625. The minimum atomic E-state index is -0.926. The number of anilines is 1. The normalized spacial score (nSPS) is 29.5. The first-order valence-corrected chi connectivity index (χ1v) is 12.1. The Morgan fingerprint density at radius 1 is 1.16 bits per heavy atom. The minimum Gasteiger partial charge on any atom is -0.481 e. The quantitative estimate of drug-likeness (QED) is 0.570. The van der Waals surface area contributed by atoms with Crippen LogP contribution in [0.4, 0.5) is 5.00 Å². The molecule has 7 heteroatoms. The topological polar surface area (TPSA) is 109 Å². The second-order valence-corrected chi connectivity index (χ2v) is 11.1. The Bertz CT molecular complexity index is 948. The number of amides is 2. The summed E-state index contributed by atoms with van der Waals surface area (Å²) in [4.78, 5) is 38.6. The Labute approximate surface area is 187 Å². The van der Waals surface area contributed by atoms with E-state index in [1.807, 2.05) is 12.2 Å². The standard InChI is InChI=1S/C24H32N2O4S/c1-4-24(2,3)14-9-10-15-16(11-14)31-22(19(15)20(25)27)26-21(28)17-12-5-7-13(8-6-12)18(17)23(29)30/h5,7,12-14,17-18H,4,6,8-11H2,1-3H3,(H2,25,27)(H,26,28)(H,29,30)/t12-,13-,14+,17-,18-/m0/s1. The first-order chi connectivity index (χ1) is 14.6. The van der Waals surface area contributed by atoms with Crippen LogP contribution in [0.15, 0.2) is 12.2 Å². The van der Waals surface area contributed by atoms with Crippen LogP contribution in [-0.2, 0) is 22.4 Å². The fourth-order valence-electron chi connectivity index (χ4n) is 5.77. The van der Waals surface area contributed by atoms with E-state index in [1.54, 1.807) is 0 Å². The van der Waals surface area contributed by atoms with Gasteiger partial charge in [0.05, 0.1) is 17.4 Å². The van der Waals surface area contributed by atoms with E-state index in [-0.39, 0.29) is 23.2 Å². The number of rotatable bonds is 6. The molecule has 6 nitrogen and oxygen atoms in total. The first-order valence-electron chi connectivity index (χ1n) is 11.3. The van der Waals surface area contributed by atoms with Crippen molar-refractivity contribution in [1.29, 1.82) is 0 Å². The summed E-state index contributed by atoms with van der Waals surface area (Å²) in [5.41, 5.74) is 7.33. The van der Waals surface area contributed by atoms with Crippen LogP contribution in [0, 0.1) is 35.0 Å². The summed E-state index contributed by atoms with van der Waals surface area (Å²) in [6, 6.07) is 0. The van der Waals surface area contributed by atoms with Gasteiger partial charge in [-0.1, -0.05) is 39.3 Å². The maximum atomic E-state index is 13.3.